The number of likely N-dealkylation sites (tertiary alicyclic amines) is 1. The van der Waals surface area contributed by atoms with Gasteiger partial charge in [-0.15, -0.1) is 0 Å². The second-order valence-corrected chi connectivity index (χ2v) is 8.07. The molecule has 2 N–H and O–H groups in total. The van der Waals surface area contributed by atoms with Gasteiger partial charge in [-0.05, 0) is 70.8 Å². The number of hydrogen-bond donors (Lipinski definition) is 2. The highest BCUT2D eigenvalue weighted by molar-refractivity contribution is 5.94. The number of halogens is 1. The number of rotatable bonds is 5. The van der Waals surface area contributed by atoms with Crippen LogP contribution in [-0.4, -0.2) is 48.4 Å². The van der Waals surface area contributed by atoms with Crippen LogP contribution in [0.3, 0.4) is 0 Å². The standard InChI is InChI=1S/C20H27FN4O2/c1-20(2,3)24-18(26)13-25-6-4-14(5-7-25)12-23-19(27)16-8-15(11-22)9-17(21)10-16/h8-10,14H,4-7,12-13H2,1-3H3,(H,23,27)(H,24,26). The van der Waals surface area contributed by atoms with Gasteiger partial charge in [0.15, 0.2) is 0 Å². The zero-order valence-corrected chi connectivity index (χ0v) is 16.1. The Morgan fingerprint density at radius 1 is 1.26 bits per heavy atom. The largest absolute Gasteiger partial charge is 0.352 e. The zero-order valence-electron chi connectivity index (χ0n) is 16.1. The molecule has 1 aliphatic rings. The van der Waals surface area contributed by atoms with Gasteiger partial charge in [0.1, 0.15) is 5.82 Å². The molecule has 7 heteroatoms. The topological polar surface area (TPSA) is 85.2 Å². The van der Waals surface area contributed by atoms with Crippen molar-refractivity contribution in [3.05, 3.63) is 35.1 Å². The van der Waals surface area contributed by atoms with E-state index in [1.54, 1.807) is 0 Å². The van der Waals surface area contributed by atoms with Crippen LogP contribution in [0.1, 0.15) is 49.5 Å². The summed E-state index contributed by atoms with van der Waals surface area (Å²) in [6.07, 6.45) is 1.77. The lowest BCUT2D eigenvalue weighted by atomic mass is 9.96. The van der Waals surface area contributed by atoms with E-state index in [9.17, 15) is 14.0 Å². The average molecular weight is 374 g/mol. The van der Waals surface area contributed by atoms with Gasteiger partial charge in [0, 0.05) is 17.6 Å². The Labute approximate surface area is 159 Å². The van der Waals surface area contributed by atoms with Crippen LogP contribution in [0, 0.1) is 23.1 Å². The van der Waals surface area contributed by atoms with E-state index < -0.39 is 5.82 Å². The number of nitrogens with one attached hydrogen (secondary N) is 2. The molecular weight excluding hydrogens is 347 g/mol. The Hall–Kier alpha value is -2.46. The number of benzene rings is 1. The van der Waals surface area contributed by atoms with Crippen molar-refractivity contribution in [1.29, 1.82) is 5.26 Å². The summed E-state index contributed by atoms with van der Waals surface area (Å²) in [4.78, 5) is 26.3. The van der Waals surface area contributed by atoms with E-state index in [0.29, 0.717) is 19.0 Å². The van der Waals surface area contributed by atoms with Gasteiger partial charge in [-0.3, -0.25) is 14.5 Å². The molecule has 1 aromatic rings. The predicted octanol–water partition coefficient (Wildman–Crippen LogP) is 2.05. The fraction of sp³-hybridized carbons (Fsp3) is 0.550. The summed E-state index contributed by atoms with van der Waals surface area (Å²) in [5, 5.41) is 14.6. The lowest BCUT2D eigenvalue weighted by molar-refractivity contribution is -0.124. The molecule has 0 bridgehead atoms. The van der Waals surface area contributed by atoms with Crippen molar-refractivity contribution in [2.24, 2.45) is 5.92 Å². The lowest BCUT2D eigenvalue weighted by Crippen LogP contribution is -2.48. The third kappa shape index (κ3) is 6.99. The van der Waals surface area contributed by atoms with Gasteiger partial charge in [-0.2, -0.15) is 5.26 Å². The first-order valence-electron chi connectivity index (χ1n) is 9.18. The minimum absolute atomic E-state index is 0.0219. The van der Waals surface area contributed by atoms with E-state index >= 15 is 0 Å². The highest BCUT2D eigenvalue weighted by Gasteiger charge is 2.23. The monoisotopic (exact) mass is 374 g/mol. The number of carbonyl (C=O) groups is 2. The first-order valence-corrected chi connectivity index (χ1v) is 9.18. The van der Waals surface area contributed by atoms with Gasteiger partial charge in [0.05, 0.1) is 18.2 Å². The van der Waals surface area contributed by atoms with Crippen LogP contribution in [0.25, 0.3) is 0 Å². The van der Waals surface area contributed by atoms with Crippen molar-refractivity contribution in [1.82, 2.24) is 15.5 Å². The number of nitriles is 1. The average Bonchev–Trinajstić information content (AvgIpc) is 2.58. The van der Waals surface area contributed by atoms with Crippen molar-refractivity contribution in [2.75, 3.05) is 26.2 Å². The smallest absolute Gasteiger partial charge is 0.251 e. The quantitative estimate of drug-likeness (QED) is 0.826. The van der Waals surface area contributed by atoms with E-state index in [4.69, 9.17) is 5.26 Å². The maximum Gasteiger partial charge on any atom is 0.251 e. The molecule has 0 unspecified atom stereocenters. The van der Waals surface area contributed by atoms with Gasteiger partial charge >= 0.3 is 0 Å². The number of amides is 2. The molecule has 6 nitrogen and oxygen atoms in total. The van der Waals surface area contributed by atoms with Crippen LogP contribution < -0.4 is 10.6 Å². The SMILES string of the molecule is CC(C)(C)NC(=O)CN1CCC(CNC(=O)c2cc(F)cc(C#N)c2)CC1. The summed E-state index contributed by atoms with van der Waals surface area (Å²) in [6.45, 7) is 8.36. The van der Waals surface area contributed by atoms with Gasteiger partial charge in [0.2, 0.25) is 5.91 Å². The summed E-state index contributed by atoms with van der Waals surface area (Å²) in [7, 11) is 0. The molecule has 0 atom stereocenters. The van der Waals surface area contributed by atoms with E-state index in [2.05, 4.69) is 15.5 Å². The van der Waals surface area contributed by atoms with E-state index in [1.165, 1.54) is 6.07 Å². The minimum Gasteiger partial charge on any atom is -0.352 e. The zero-order chi connectivity index (χ0) is 20.0. The van der Waals surface area contributed by atoms with Crippen LogP contribution in [0.5, 0.6) is 0 Å². The fourth-order valence-corrected chi connectivity index (χ4v) is 3.13. The van der Waals surface area contributed by atoms with Crippen molar-refractivity contribution < 1.29 is 14.0 Å². The Morgan fingerprint density at radius 2 is 1.93 bits per heavy atom. The molecule has 1 fully saturated rings. The molecule has 0 radical (unpaired) electrons. The molecule has 0 saturated carbocycles. The lowest BCUT2D eigenvalue weighted by Gasteiger charge is -2.32. The third-order valence-electron chi connectivity index (χ3n) is 4.43. The highest BCUT2D eigenvalue weighted by atomic mass is 19.1. The van der Waals surface area contributed by atoms with Crippen LogP contribution in [0.2, 0.25) is 0 Å². The molecule has 146 valence electrons. The summed E-state index contributed by atoms with van der Waals surface area (Å²) in [5.41, 5.74) is 0.0481. The maximum absolute atomic E-state index is 13.5. The first-order chi connectivity index (χ1) is 12.7. The van der Waals surface area contributed by atoms with Gasteiger partial charge in [-0.1, -0.05) is 0 Å². The number of nitrogens with zero attached hydrogens (tertiary/aromatic N) is 2. The minimum atomic E-state index is -0.596. The maximum atomic E-state index is 13.5. The molecule has 2 amide bonds. The molecule has 1 aliphatic heterocycles. The normalized spacial score (nSPS) is 15.8. The molecule has 2 rings (SSSR count). The van der Waals surface area contributed by atoms with Crippen molar-refractivity contribution in [3.63, 3.8) is 0 Å². The van der Waals surface area contributed by atoms with E-state index in [0.717, 1.165) is 38.1 Å². The summed E-state index contributed by atoms with van der Waals surface area (Å²) >= 11 is 0. The third-order valence-corrected chi connectivity index (χ3v) is 4.43. The first kappa shape index (κ1) is 20.8. The number of hydrogen-bond acceptors (Lipinski definition) is 4. The Balaban J connectivity index is 1.76. The molecule has 1 saturated heterocycles. The molecular formula is C20H27FN4O2. The van der Waals surface area contributed by atoms with Crippen LogP contribution in [0.15, 0.2) is 18.2 Å². The Kier molecular flexibility index (Phi) is 6.92. The summed E-state index contributed by atoms with van der Waals surface area (Å²) in [6, 6.07) is 5.46. The van der Waals surface area contributed by atoms with Crippen molar-refractivity contribution >= 4 is 11.8 Å². The fourth-order valence-electron chi connectivity index (χ4n) is 3.13. The van der Waals surface area contributed by atoms with Gasteiger partial charge < -0.3 is 10.6 Å². The number of carbonyl (C=O) groups excluding carboxylic acids is 2. The molecule has 1 aromatic carbocycles. The van der Waals surface area contributed by atoms with Crippen LogP contribution in [0.4, 0.5) is 4.39 Å². The highest BCUT2D eigenvalue weighted by Crippen LogP contribution is 2.17. The van der Waals surface area contributed by atoms with E-state index in [1.807, 2.05) is 26.8 Å². The van der Waals surface area contributed by atoms with Crippen LogP contribution >= 0.6 is 0 Å². The molecule has 0 spiro atoms. The molecule has 0 aromatic heterocycles. The van der Waals surface area contributed by atoms with Gasteiger partial charge in [-0.25, -0.2) is 4.39 Å². The second kappa shape index (κ2) is 8.96. The number of piperidine rings is 1. The second-order valence-electron chi connectivity index (χ2n) is 8.07. The predicted molar refractivity (Wildman–Crippen MR) is 101 cm³/mol. The molecule has 1 heterocycles. The summed E-state index contributed by atoms with van der Waals surface area (Å²) in [5.74, 6) is -0.632. The van der Waals surface area contributed by atoms with Gasteiger partial charge in [0.25, 0.3) is 5.91 Å². The Morgan fingerprint density at radius 3 is 2.52 bits per heavy atom. The van der Waals surface area contributed by atoms with Crippen molar-refractivity contribution in [3.8, 4) is 6.07 Å². The Bertz CT molecular complexity index is 728. The molecule has 0 aliphatic carbocycles. The summed E-state index contributed by atoms with van der Waals surface area (Å²) < 4.78 is 13.5. The van der Waals surface area contributed by atoms with Crippen LogP contribution in [-0.2, 0) is 4.79 Å². The van der Waals surface area contributed by atoms with E-state index in [-0.39, 0.29) is 28.5 Å². The molecule has 27 heavy (non-hydrogen) atoms. The van der Waals surface area contributed by atoms with Crippen molar-refractivity contribution in [2.45, 2.75) is 39.2 Å².